The summed E-state index contributed by atoms with van der Waals surface area (Å²) in [5.74, 6) is -4.64. The number of rotatable bonds is 8. The van der Waals surface area contributed by atoms with Gasteiger partial charge in [-0.15, -0.1) is 6.58 Å². The van der Waals surface area contributed by atoms with E-state index in [-0.39, 0.29) is 36.9 Å². The second kappa shape index (κ2) is 9.57. The maximum Gasteiger partial charge on any atom is 0.207 e. The maximum absolute atomic E-state index is 14.8. The molecule has 1 heterocycles. The Balaban J connectivity index is 1.56. The molecule has 0 atom stereocenters. The van der Waals surface area contributed by atoms with E-state index in [1.54, 1.807) is 31.2 Å². The van der Waals surface area contributed by atoms with Gasteiger partial charge in [-0.25, -0.2) is 4.39 Å². The minimum Gasteiger partial charge on any atom is -0.491 e. The first-order valence-corrected chi connectivity index (χ1v) is 10.6. The van der Waals surface area contributed by atoms with Crippen molar-refractivity contribution >= 4 is 0 Å². The van der Waals surface area contributed by atoms with Gasteiger partial charge in [0, 0.05) is 17.5 Å². The van der Waals surface area contributed by atoms with Gasteiger partial charge in [0.15, 0.2) is 23.0 Å². The number of aryl methyl sites for hydroxylation is 1. The van der Waals surface area contributed by atoms with Crippen molar-refractivity contribution in [1.82, 2.24) is 0 Å². The lowest BCUT2D eigenvalue weighted by Gasteiger charge is -2.23. The Morgan fingerprint density at radius 1 is 0.909 bits per heavy atom. The third-order valence-electron chi connectivity index (χ3n) is 5.36. The van der Waals surface area contributed by atoms with Gasteiger partial charge in [0.05, 0.1) is 6.61 Å². The van der Waals surface area contributed by atoms with Crippen LogP contribution in [0.3, 0.4) is 0 Å². The van der Waals surface area contributed by atoms with Gasteiger partial charge in [-0.3, -0.25) is 0 Å². The van der Waals surface area contributed by atoms with Crippen LogP contribution in [0.2, 0.25) is 0 Å². The molecule has 0 N–H and O–H groups in total. The molecule has 0 bridgehead atoms. The molecule has 1 aliphatic heterocycles. The average Bonchev–Trinajstić information content (AvgIpc) is 2.81. The molecule has 0 aliphatic carbocycles. The van der Waals surface area contributed by atoms with Crippen molar-refractivity contribution in [3.05, 3.63) is 94.6 Å². The van der Waals surface area contributed by atoms with Crippen molar-refractivity contribution in [2.45, 2.75) is 32.8 Å². The van der Waals surface area contributed by atoms with Crippen molar-refractivity contribution in [2.75, 3.05) is 6.61 Å². The maximum atomic E-state index is 14.8. The van der Waals surface area contributed by atoms with Crippen LogP contribution in [-0.4, -0.2) is 6.61 Å². The highest BCUT2D eigenvalue weighted by Gasteiger charge is 2.29. The Hall–Kier alpha value is -3.48. The summed E-state index contributed by atoms with van der Waals surface area (Å²) >= 11 is 0. The van der Waals surface area contributed by atoms with Crippen LogP contribution in [0.15, 0.2) is 49.1 Å². The van der Waals surface area contributed by atoms with Crippen molar-refractivity contribution < 1.29 is 31.8 Å². The number of allylic oxidation sites excluding steroid dienone is 1. The molecular weight excluding hydrogens is 436 g/mol. The predicted octanol–water partition coefficient (Wildman–Crippen LogP) is 7.04. The van der Waals surface area contributed by atoms with Crippen molar-refractivity contribution in [3.63, 3.8) is 0 Å². The molecule has 3 nitrogen and oxygen atoms in total. The Morgan fingerprint density at radius 3 is 2.42 bits per heavy atom. The van der Waals surface area contributed by atoms with Gasteiger partial charge in [0.1, 0.15) is 12.4 Å². The number of hydrogen-bond acceptors (Lipinski definition) is 3. The zero-order valence-corrected chi connectivity index (χ0v) is 18.0. The summed E-state index contributed by atoms with van der Waals surface area (Å²) in [5, 5.41) is 0. The lowest BCUT2D eigenvalue weighted by Crippen LogP contribution is -2.10. The molecule has 0 spiro atoms. The zero-order chi connectivity index (χ0) is 23.5. The fraction of sp³-hybridized carbons (Fsp3) is 0.231. The largest absolute Gasteiger partial charge is 0.491 e. The summed E-state index contributed by atoms with van der Waals surface area (Å²) in [6.45, 7) is 5.42. The highest BCUT2D eigenvalue weighted by Crippen LogP contribution is 2.44. The molecule has 0 amide bonds. The van der Waals surface area contributed by atoms with Crippen LogP contribution < -0.4 is 14.2 Å². The fourth-order valence-corrected chi connectivity index (χ4v) is 3.69. The predicted molar refractivity (Wildman–Crippen MR) is 116 cm³/mol. The summed E-state index contributed by atoms with van der Waals surface area (Å²) in [6, 6.07) is 9.02. The van der Waals surface area contributed by atoms with Crippen molar-refractivity contribution in [3.8, 4) is 23.0 Å². The van der Waals surface area contributed by atoms with Crippen LogP contribution in [0.5, 0.6) is 23.0 Å². The molecule has 0 fully saturated rings. The van der Waals surface area contributed by atoms with E-state index >= 15 is 0 Å². The lowest BCUT2D eigenvalue weighted by atomic mass is 9.99. The van der Waals surface area contributed by atoms with Crippen LogP contribution in [0.4, 0.5) is 17.6 Å². The molecule has 4 rings (SSSR count). The van der Waals surface area contributed by atoms with Gasteiger partial charge in [-0.1, -0.05) is 24.3 Å². The molecule has 3 aromatic rings. The standard InChI is InChI=1S/C26H22F4O3/c1-3-5-6-16-8-7-15(11-19(16)27)14-32-21-13-18-12-17-9-10-20(31-4-2)23(29)25(17)33-26(18)24(30)22(21)28/h3,7-11,13H,1,4-6,12,14H2,2H3. The third kappa shape index (κ3) is 4.53. The first kappa shape index (κ1) is 22.7. The average molecular weight is 458 g/mol. The van der Waals surface area contributed by atoms with Crippen LogP contribution in [0, 0.1) is 23.3 Å². The van der Waals surface area contributed by atoms with E-state index in [9.17, 15) is 17.6 Å². The molecule has 7 heteroatoms. The number of ether oxygens (including phenoxy) is 3. The van der Waals surface area contributed by atoms with E-state index in [1.165, 1.54) is 18.2 Å². The van der Waals surface area contributed by atoms with E-state index < -0.39 is 29.0 Å². The van der Waals surface area contributed by atoms with Gasteiger partial charge < -0.3 is 14.2 Å². The highest BCUT2D eigenvalue weighted by atomic mass is 19.2. The zero-order valence-electron chi connectivity index (χ0n) is 18.0. The highest BCUT2D eigenvalue weighted by molar-refractivity contribution is 5.55. The topological polar surface area (TPSA) is 27.7 Å². The van der Waals surface area contributed by atoms with E-state index in [1.807, 2.05) is 0 Å². The number of hydrogen-bond donors (Lipinski definition) is 0. The monoisotopic (exact) mass is 458 g/mol. The van der Waals surface area contributed by atoms with Gasteiger partial charge >= 0.3 is 0 Å². The van der Waals surface area contributed by atoms with E-state index in [0.29, 0.717) is 35.1 Å². The SMILES string of the molecule is C=CCCc1ccc(COc2cc3c(c(F)c2F)Oc2c(ccc(OCC)c2F)C3)cc1F. The third-order valence-corrected chi connectivity index (χ3v) is 5.36. The summed E-state index contributed by atoms with van der Waals surface area (Å²) < 4.78 is 74.4. The second-order valence-electron chi connectivity index (χ2n) is 7.61. The molecule has 1 aliphatic rings. The Kier molecular flexibility index (Phi) is 6.58. The van der Waals surface area contributed by atoms with Crippen LogP contribution in [-0.2, 0) is 19.4 Å². The minimum absolute atomic E-state index is 0.0247. The van der Waals surface area contributed by atoms with Gasteiger partial charge in [-0.2, -0.15) is 13.2 Å². The summed E-state index contributed by atoms with van der Waals surface area (Å²) in [7, 11) is 0. The first-order valence-electron chi connectivity index (χ1n) is 10.6. The van der Waals surface area contributed by atoms with Crippen LogP contribution in [0.25, 0.3) is 0 Å². The molecule has 0 radical (unpaired) electrons. The molecule has 0 saturated heterocycles. The molecule has 0 unspecified atom stereocenters. The van der Waals surface area contributed by atoms with Gasteiger partial charge in [0.2, 0.25) is 17.5 Å². The summed E-state index contributed by atoms with van der Waals surface area (Å²) in [6.07, 6.45) is 3.00. The van der Waals surface area contributed by atoms with E-state index in [0.717, 1.165) is 0 Å². The Bertz CT molecular complexity index is 1210. The number of halogens is 4. The molecular formula is C26H22F4O3. The van der Waals surface area contributed by atoms with Crippen molar-refractivity contribution in [1.29, 1.82) is 0 Å². The molecule has 0 aromatic heterocycles. The molecule has 3 aromatic carbocycles. The normalized spacial score (nSPS) is 11.9. The van der Waals surface area contributed by atoms with E-state index in [2.05, 4.69) is 6.58 Å². The van der Waals surface area contributed by atoms with Gasteiger partial charge in [0.25, 0.3) is 0 Å². The quantitative estimate of drug-likeness (QED) is 0.209. The molecule has 0 saturated carbocycles. The molecule has 172 valence electrons. The van der Waals surface area contributed by atoms with Crippen LogP contribution in [0.1, 0.15) is 35.6 Å². The first-order chi connectivity index (χ1) is 15.9. The smallest absolute Gasteiger partial charge is 0.207 e. The minimum atomic E-state index is -1.28. The summed E-state index contributed by atoms with van der Waals surface area (Å²) in [5.41, 5.74) is 1.79. The number of benzene rings is 3. The second-order valence-corrected chi connectivity index (χ2v) is 7.61. The van der Waals surface area contributed by atoms with Gasteiger partial charge in [-0.05, 0) is 49.1 Å². The van der Waals surface area contributed by atoms with Crippen molar-refractivity contribution in [2.24, 2.45) is 0 Å². The molecule has 33 heavy (non-hydrogen) atoms. The Labute approximate surface area is 189 Å². The lowest BCUT2D eigenvalue weighted by molar-refractivity contribution is 0.278. The number of fused-ring (bicyclic) bond motifs is 2. The Morgan fingerprint density at radius 2 is 1.70 bits per heavy atom. The fourth-order valence-electron chi connectivity index (χ4n) is 3.69. The summed E-state index contributed by atoms with van der Waals surface area (Å²) in [4.78, 5) is 0. The van der Waals surface area contributed by atoms with E-state index in [4.69, 9.17) is 14.2 Å². The van der Waals surface area contributed by atoms with Crippen LogP contribution >= 0.6 is 0 Å².